The first-order chi connectivity index (χ1) is 15.5. The van der Waals surface area contributed by atoms with Crippen molar-refractivity contribution in [2.75, 3.05) is 13.2 Å². The first-order valence-corrected chi connectivity index (χ1v) is 14.9. The summed E-state index contributed by atoms with van der Waals surface area (Å²) < 4.78 is 74.1. The van der Waals surface area contributed by atoms with Crippen LogP contribution in [-0.2, 0) is 14.8 Å². The van der Waals surface area contributed by atoms with Gasteiger partial charge in [0.1, 0.15) is 0 Å². The van der Waals surface area contributed by atoms with E-state index in [1.54, 1.807) is 6.92 Å². The molecule has 0 bridgehead atoms. The van der Waals surface area contributed by atoms with Crippen LogP contribution < -0.4 is 0 Å². The summed E-state index contributed by atoms with van der Waals surface area (Å²) >= 11 is 12.9. The Balaban J connectivity index is 1.57. The lowest BCUT2D eigenvalue weighted by Crippen LogP contribution is -2.49. The lowest BCUT2D eigenvalue weighted by Gasteiger charge is -2.40. The molecular weight excluding hydrogens is 498 g/mol. The number of hydrogen-bond acceptors (Lipinski definition) is 3. The second-order valence-corrected chi connectivity index (χ2v) is 13.3. The van der Waals surface area contributed by atoms with Gasteiger partial charge in [-0.3, -0.25) is 0 Å². The standard InChI is InChI=1S/C23H38Cl2F3NO3S/c1-2-29(33(30,31)19-9-3-6-16(14-19)23(26,27)28)17-7-4-8-18(15-17)32-13-12-20-21(24)10-5-11-22(20)25/h16-22H,2-15H2,1H3. The van der Waals surface area contributed by atoms with Crippen LogP contribution in [0.1, 0.15) is 84.0 Å². The molecule has 3 saturated carbocycles. The topological polar surface area (TPSA) is 46.6 Å². The third-order valence-electron chi connectivity index (χ3n) is 7.85. The second-order valence-electron chi connectivity index (χ2n) is 10.0. The fourth-order valence-electron chi connectivity index (χ4n) is 5.98. The maximum atomic E-state index is 13.4. The zero-order chi connectivity index (χ0) is 24.2. The van der Waals surface area contributed by atoms with Gasteiger partial charge in [-0.25, -0.2) is 8.42 Å². The van der Waals surface area contributed by atoms with Gasteiger partial charge in [0, 0.05) is 29.9 Å². The van der Waals surface area contributed by atoms with Gasteiger partial charge in [0.05, 0.1) is 17.3 Å². The van der Waals surface area contributed by atoms with Gasteiger partial charge in [0.2, 0.25) is 10.0 Å². The van der Waals surface area contributed by atoms with Crippen LogP contribution >= 0.6 is 23.2 Å². The first-order valence-electron chi connectivity index (χ1n) is 12.5. The van der Waals surface area contributed by atoms with Crippen LogP contribution in [0.2, 0.25) is 0 Å². The van der Waals surface area contributed by atoms with Gasteiger partial charge in [-0.1, -0.05) is 19.8 Å². The van der Waals surface area contributed by atoms with E-state index in [-0.39, 0.29) is 48.2 Å². The molecule has 3 aliphatic carbocycles. The number of halogens is 5. The van der Waals surface area contributed by atoms with Crippen LogP contribution in [0.15, 0.2) is 0 Å². The van der Waals surface area contributed by atoms with Gasteiger partial charge in [-0.05, 0) is 70.1 Å². The minimum atomic E-state index is -4.34. The highest BCUT2D eigenvalue weighted by Crippen LogP contribution is 2.41. The number of sulfonamides is 1. The largest absolute Gasteiger partial charge is 0.391 e. The Kier molecular flexibility index (Phi) is 10.1. The number of hydrogen-bond donors (Lipinski definition) is 0. The van der Waals surface area contributed by atoms with Crippen molar-refractivity contribution in [3.63, 3.8) is 0 Å². The smallest absolute Gasteiger partial charge is 0.378 e. The summed E-state index contributed by atoms with van der Waals surface area (Å²) in [6.07, 6.45) is 2.72. The quantitative estimate of drug-likeness (QED) is 0.333. The molecular formula is C23H38Cl2F3NO3S. The minimum Gasteiger partial charge on any atom is -0.378 e. The summed E-state index contributed by atoms with van der Waals surface area (Å²) in [6, 6.07) is -0.221. The lowest BCUT2D eigenvalue weighted by atomic mass is 9.86. The molecule has 0 radical (unpaired) electrons. The van der Waals surface area contributed by atoms with Gasteiger partial charge in [-0.15, -0.1) is 23.2 Å². The number of nitrogens with zero attached hydrogens (tertiary/aromatic N) is 1. The molecule has 194 valence electrons. The molecule has 4 nitrogen and oxygen atoms in total. The van der Waals surface area contributed by atoms with E-state index in [0.717, 1.165) is 44.9 Å². The van der Waals surface area contributed by atoms with E-state index in [0.29, 0.717) is 25.9 Å². The molecule has 0 amide bonds. The Bertz CT molecular complexity index is 714. The van der Waals surface area contributed by atoms with E-state index in [2.05, 4.69) is 0 Å². The van der Waals surface area contributed by atoms with E-state index in [4.69, 9.17) is 27.9 Å². The number of alkyl halides is 5. The van der Waals surface area contributed by atoms with E-state index >= 15 is 0 Å². The third-order valence-corrected chi connectivity index (χ3v) is 11.4. The summed E-state index contributed by atoms with van der Waals surface area (Å²) in [6.45, 7) is 2.59. The highest BCUT2D eigenvalue weighted by atomic mass is 35.5. The first kappa shape index (κ1) is 27.8. The fraction of sp³-hybridized carbons (Fsp3) is 1.00. The van der Waals surface area contributed by atoms with Crippen LogP contribution in [0.5, 0.6) is 0 Å². The number of rotatable bonds is 8. The summed E-state index contributed by atoms with van der Waals surface area (Å²) in [4.78, 5) is 0. The highest BCUT2D eigenvalue weighted by molar-refractivity contribution is 7.89. The van der Waals surface area contributed by atoms with Crippen molar-refractivity contribution in [1.29, 1.82) is 0 Å². The monoisotopic (exact) mass is 535 g/mol. The SMILES string of the molecule is CCN(C1CCCC(OCCC2C(Cl)CCCC2Cl)C1)S(=O)(=O)C1CCCC(C(F)(F)F)C1. The minimum absolute atomic E-state index is 0.0221. The van der Waals surface area contributed by atoms with Crippen molar-refractivity contribution >= 4 is 33.2 Å². The van der Waals surface area contributed by atoms with Crippen molar-refractivity contribution in [2.45, 2.75) is 118 Å². The predicted molar refractivity (Wildman–Crippen MR) is 126 cm³/mol. The zero-order valence-corrected chi connectivity index (χ0v) is 21.7. The van der Waals surface area contributed by atoms with Crippen LogP contribution in [-0.4, -0.2) is 60.2 Å². The average molecular weight is 537 g/mol. The number of ether oxygens (including phenoxy) is 1. The van der Waals surface area contributed by atoms with Crippen molar-refractivity contribution in [3.8, 4) is 0 Å². The van der Waals surface area contributed by atoms with E-state index < -0.39 is 27.4 Å². The maximum Gasteiger partial charge on any atom is 0.391 e. The third kappa shape index (κ3) is 7.14. The van der Waals surface area contributed by atoms with Gasteiger partial charge in [-0.2, -0.15) is 17.5 Å². The summed E-state index contributed by atoms with van der Waals surface area (Å²) in [5.41, 5.74) is 0. The summed E-state index contributed by atoms with van der Waals surface area (Å²) in [7, 11) is -3.80. The highest BCUT2D eigenvalue weighted by Gasteiger charge is 2.47. The van der Waals surface area contributed by atoms with Crippen molar-refractivity contribution in [3.05, 3.63) is 0 Å². The van der Waals surface area contributed by atoms with E-state index in [1.807, 2.05) is 0 Å². The van der Waals surface area contributed by atoms with Crippen LogP contribution in [0.3, 0.4) is 0 Å². The Morgan fingerprint density at radius 3 is 2.21 bits per heavy atom. The van der Waals surface area contributed by atoms with Crippen molar-refractivity contribution in [1.82, 2.24) is 4.31 Å². The molecule has 3 rings (SSSR count). The molecule has 0 heterocycles. The van der Waals surface area contributed by atoms with Gasteiger partial charge in [0.25, 0.3) is 0 Å². The second kappa shape index (κ2) is 12.0. The molecule has 0 aliphatic heterocycles. The van der Waals surface area contributed by atoms with Gasteiger partial charge < -0.3 is 4.74 Å². The van der Waals surface area contributed by atoms with E-state index in [9.17, 15) is 21.6 Å². The molecule has 0 aromatic heterocycles. The summed E-state index contributed by atoms with van der Waals surface area (Å²) in [5.74, 6) is -1.30. The molecule has 33 heavy (non-hydrogen) atoms. The molecule has 6 atom stereocenters. The lowest BCUT2D eigenvalue weighted by molar-refractivity contribution is -0.181. The van der Waals surface area contributed by atoms with Crippen LogP contribution in [0.4, 0.5) is 13.2 Å². The molecule has 0 aromatic carbocycles. The Hall–Kier alpha value is 0.240. The van der Waals surface area contributed by atoms with Gasteiger partial charge >= 0.3 is 6.18 Å². The average Bonchev–Trinajstić information content (AvgIpc) is 2.76. The fourth-order valence-corrected chi connectivity index (χ4v) is 9.25. The van der Waals surface area contributed by atoms with Crippen LogP contribution in [0, 0.1) is 11.8 Å². The van der Waals surface area contributed by atoms with Crippen LogP contribution in [0.25, 0.3) is 0 Å². The Morgan fingerprint density at radius 1 is 0.939 bits per heavy atom. The Morgan fingerprint density at radius 2 is 1.58 bits per heavy atom. The summed E-state index contributed by atoms with van der Waals surface area (Å²) in [5, 5.41) is -0.812. The van der Waals surface area contributed by atoms with Gasteiger partial charge in [0.15, 0.2) is 0 Å². The molecule has 0 aromatic rings. The molecule has 0 N–H and O–H groups in total. The van der Waals surface area contributed by atoms with E-state index in [1.165, 1.54) is 4.31 Å². The predicted octanol–water partition coefficient (Wildman–Crippen LogP) is 6.49. The van der Waals surface area contributed by atoms with Crippen molar-refractivity contribution in [2.24, 2.45) is 11.8 Å². The molecule has 3 fully saturated rings. The molecule has 0 spiro atoms. The molecule has 6 unspecified atom stereocenters. The Labute approximate surface area is 206 Å². The molecule has 10 heteroatoms. The normalized spacial score (nSPS) is 36.8. The molecule has 3 aliphatic rings. The maximum absolute atomic E-state index is 13.4. The van der Waals surface area contributed by atoms with Crippen molar-refractivity contribution < 1.29 is 26.3 Å². The molecule has 0 saturated heterocycles. The zero-order valence-electron chi connectivity index (χ0n) is 19.4.